The van der Waals surface area contributed by atoms with Gasteiger partial charge in [0.15, 0.2) is 0 Å². The Morgan fingerprint density at radius 1 is 1.25 bits per heavy atom. The van der Waals surface area contributed by atoms with E-state index in [-0.39, 0.29) is 18.2 Å². The van der Waals surface area contributed by atoms with Crippen LogP contribution in [0.2, 0.25) is 0 Å². The minimum Gasteiger partial charge on any atom is -0.391 e. The van der Waals surface area contributed by atoms with E-state index in [1.54, 1.807) is 4.90 Å². The van der Waals surface area contributed by atoms with Gasteiger partial charge in [0.05, 0.1) is 25.4 Å². The molecule has 0 aromatic heterocycles. The first-order valence-corrected chi connectivity index (χ1v) is 6.08. The molecule has 5 nitrogen and oxygen atoms in total. The summed E-state index contributed by atoms with van der Waals surface area (Å²) in [4.78, 5) is 13.6. The second kappa shape index (κ2) is 5.50. The number of hydrogen-bond donors (Lipinski definition) is 2. The zero-order valence-electron chi connectivity index (χ0n) is 9.52. The van der Waals surface area contributed by atoms with E-state index in [1.165, 1.54) is 0 Å². The average molecular weight is 228 g/mol. The highest BCUT2D eigenvalue weighted by molar-refractivity contribution is 5.74. The third-order valence-electron chi connectivity index (χ3n) is 3.34. The van der Waals surface area contributed by atoms with Gasteiger partial charge in [0.25, 0.3) is 0 Å². The number of amides is 2. The first-order chi connectivity index (χ1) is 7.77. The van der Waals surface area contributed by atoms with Crippen molar-refractivity contribution in [2.45, 2.75) is 37.8 Å². The molecule has 2 fully saturated rings. The van der Waals surface area contributed by atoms with Crippen molar-refractivity contribution in [3.05, 3.63) is 0 Å². The summed E-state index contributed by atoms with van der Waals surface area (Å²) in [5, 5.41) is 12.7. The molecule has 0 radical (unpaired) electrons. The molecule has 2 amide bonds. The lowest BCUT2D eigenvalue weighted by atomic mass is 9.93. The van der Waals surface area contributed by atoms with Gasteiger partial charge in [-0.25, -0.2) is 4.79 Å². The highest BCUT2D eigenvalue weighted by atomic mass is 16.5. The van der Waals surface area contributed by atoms with E-state index in [1.807, 2.05) is 0 Å². The molecule has 0 aromatic carbocycles. The fourth-order valence-corrected chi connectivity index (χ4v) is 2.30. The normalized spacial score (nSPS) is 31.2. The number of aliphatic hydroxyl groups is 1. The second-order valence-electron chi connectivity index (χ2n) is 4.51. The Bertz CT molecular complexity index is 241. The summed E-state index contributed by atoms with van der Waals surface area (Å²) >= 11 is 0. The Hall–Kier alpha value is -0.810. The third-order valence-corrected chi connectivity index (χ3v) is 3.34. The van der Waals surface area contributed by atoms with Gasteiger partial charge < -0.3 is 20.1 Å². The van der Waals surface area contributed by atoms with Crippen LogP contribution in [0.15, 0.2) is 0 Å². The van der Waals surface area contributed by atoms with Crippen LogP contribution in [-0.4, -0.2) is 54.5 Å². The van der Waals surface area contributed by atoms with Gasteiger partial charge in [-0.15, -0.1) is 0 Å². The minimum atomic E-state index is -0.376. The molecule has 0 spiro atoms. The standard InChI is InChI=1S/C11H20N2O3/c14-10-4-2-1-3-9(10)12-11(15)13-5-7-16-8-6-13/h9-10,14H,1-8H2,(H,12,15)/t9-,10-/m1/s1. The fraction of sp³-hybridized carbons (Fsp3) is 0.909. The highest BCUT2D eigenvalue weighted by Gasteiger charge is 2.26. The highest BCUT2D eigenvalue weighted by Crippen LogP contribution is 2.18. The van der Waals surface area contributed by atoms with E-state index in [9.17, 15) is 9.90 Å². The molecule has 2 aliphatic rings. The van der Waals surface area contributed by atoms with Crippen molar-refractivity contribution in [2.24, 2.45) is 0 Å². The Morgan fingerprint density at radius 3 is 2.62 bits per heavy atom. The summed E-state index contributed by atoms with van der Waals surface area (Å²) in [5.41, 5.74) is 0. The maximum atomic E-state index is 11.9. The lowest BCUT2D eigenvalue weighted by molar-refractivity contribution is 0.0468. The maximum absolute atomic E-state index is 11.9. The minimum absolute atomic E-state index is 0.0609. The smallest absolute Gasteiger partial charge is 0.317 e. The van der Waals surface area contributed by atoms with Crippen molar-refractivity contribution in [1.29, 1.82) is 0 Å². The van der Waals surface area contributed by atoms with Gasteiger partial charge in [0.2, 0.25) is 0 Å². The third kappa shape index (κ3) is 2.86. The molecular formula is C11H20N2O3. The van der Waals surface area contributed by atoms with E-state index in [4.69, 9.17) is 4.74 Å². The zero-order chi connectivity index (χ0) is 11.4. The van der Waals surface area contributed by atoms with Crippen molar-refractivity contribution in [2.75, 3.05) is 26.3 Å². The first kappa shape index (κ1) is 11.7. The molecule has 16 heavy (non-hydrogen) atoms. The Balaban J connectivity index is 1.80. The van der Waals surface area contributed by atoms with Crippen LogP contribution < -0.4 is 5.32 Å². The molecule has 1 saturated heterocycles. The summed E-state index contributed by atoms with van der Waals surface area (Å²) in [6.45, 7) is 2.52. The van der Waals surface area contributed by atoms with E-state index in [2.05, 4.69) is 5.32 Å². The van der Waals surface area contributed by atoms with Crippen LogP contribution in [-0.2, 0) is 4.74 Å². The zero-order valence-corrected chi connectivity index (χ0v) is 9.52. The summed E-state index contributed by atoms with van der Waals surface area (Å²) in [7, 11) is 0. The number of urea groups is 1. The van der Waals surface area contributed by atoms with E-state index < -0.39 is 0 Å². The molecule has 0 bridgehead atoms. The molecule has 1 aliphatic heterocycles. The largest absolute Gasteiger partial charge is 0.391 e. The summed E-state index contributed by atoms with van der Waals surface area (Å²) in [6.07, 6.45) is 3.46. The SMILES string of the molecule is O=C(N[C@@H]1CCCC[C@H]1O)N1CCOCC1. The number of carbonyl (C=O) groups excluding carboxylic acids is 1. The number of hydrogen-bond acceptors (Lipinski definition) is 3. The van der Waals surface area contributed by atoms with E-state index >= 15 is 0 Å². The number of nitrogens with one attached hydrogen (secondary N) is 1. The quantitative estimate of drug-likeness (QED) is 0.680. The number of nitrogens with zero attached hydrogens (tertiary/aromatic N) is 1. The van der Waals surface area contributed by atoms with Crippen molar-refractivity contribution in [3.8, 4) is 0 Å². The molecule has 5 heteroatoms. The van der Waals surface area contributed by atoms with Crippen molar-refractivity contribution < 1.29 is 14.6 Å². The molecule has 2 rings (SSSR count). The topological polar surface area (TPSA) is 61.8 Å². The van der Waals surface area contributed by atoms with Crippen LogP contribution in [0, 0.1) is 0 Å². The predicted molar refractivity (Wildman–Crippen MR) is 59.2 cm³/mol. The monoisotopic (exact) mass is 228 g/mol. The molecule has 92 valence electrons. The summed E-state index contributed by atoms with van der Waals surface area (Å²) < 4.78 is 5.19. The van der Waals surface area contributed by atoms with E-state index in [0.29, 0.717) is 26.3 Å². The molecule has 1 saturated carbocycles. The summed E-state index contributed by atoms with van der Waals surface area (Å²) in [5.74, 6) is 0. The number of morpholine rings is 1. The molecule has 1 heterocycles. The Kier molecular flexibility index (Phi) is 4.01. The van der Waals surface area contributed by atoms with Gasteiger partial charge in [-0.2, -0.15) is 0 Å². The second-order valence-corrected chi connectivity index (χ2v) is 4.51. The van der Waals surface area contributed by atoms with Crippen LogP contribution in [0.1, 0.15) is 25.7 Å². The Morgan fingerprint density at radius 2 is 1.94 bits per heavy atom. The number of carbonyl (C=O) groups is 1. The van der Waals surface area contributed by atoms with Crippen LogP contribution in [0.3, 0.4) is 0 Å². The van der Waals surface area contributed by atoms with Crippen molar-refractivity contribution >= 4 is 6.03 Å². The van der Waals surface area contributed by atoms with Gasteiger partial charge in [-0.05, 0) is 12.8 Å². The molecule has 0 aromatic rings. The number of ether oxygens (including phenoxy) is 1. The van der Waals surface area contributed by atoms with Crippen molar-refractivity contribution in [3.63, 3.8) is 0 Å². The lowest BCUT2D eigenvalue weighted by Crippen LogP contribution is -2.52. The van der Waals surface area contributed by atoms with Crippen molar-refractivity contribution in [1.82, 2.24) is 10.2 Å². The average Bonchev–Trinajstić information content (AvgIpc) is 2.33. The predicted octanol–water partition coefficient (Wildman–Crippen LogP) is 0.332. The number of aliphatic hydroxyl groups excluding tert-OH is 1. The Labute approximate surface area is 95.8 Å². The van der Waals surface area contributed by atoms with Gasteiger partial charge >= 0.3 is 6.03 Å². The van der Waals surface area contributed by atoms with Crippen LogP contribution in [0.5, 0.6) is 0 Å². The molecular weight excluding hydrogens is 208 g/mol. The number of rotatable bonds is 1. The van der Waals surface area contributed by atoms with Crippen LogP contribution >= 0.6 is 0 Å². The van der Waals surface area contributed by atoms with Gasteiger partial charge in [0.1, 0.15) is 0 Å². The first-order valence-electron chi connectivity index (χ1n) is 6.08. The fourth-order valence-electron chi connectivity index (χ4n) is 2.30. The van der Waals surface area contributed by atoms with Gasteiger partial charge in [-0.1, -0.05) is 12.8 Å². The van der Waals surface area contributed by atoms with Crippen LogP contribution in [0.4, 0.5) is 4.79 Å². The van der Waals surface area contributed by atoms with Gasteiger partial charge in [-0.3, -0.25) is 0 Å². The maximum Gasteiger partial charge on any atom is 0.317 e. The molecule has 2 N–H and O–H groups in total. The van der Waals surface area contributed by atoms with Crippen LogP contribution in [0.25, 0.3) is 0 Å². The molecule has 1 aliphatic carbocycles. The summed E-state index contributed by atoms with van der Waals surface area (Å²) in [6, 6.07) is -0.127. The molecule has 0 unspecified atom stereocenters. The molecule has 2 atom stereocenters. The lowest BCUT2D eigenvalue weighted by Gasteiger charge is -2.32. The van der Waals surface area contributed by atoms with Gasteiger partial charge in [0, 0.05) is 13.1 Å². The van der Waals surface area contributed by atoms with E-state index in [0.717, 1.165) is 25.7 Å².